The van der Waals surface area contributed by atoms with Crippen LogP contribution in [0.4, 0.5) is 13.2 Å². The molecule has 0 radical (unpaired) electrons. The minimum atomic E-state index is -4.55. The molecule has 1 heterocycles. The van der Waals surface area contributed by atoms with Gasteiger partial charge in [0.1, 0.15) is 0 Å². The number of benzene rings is 1. The molecule has 1 aromatic rings. The van der Waals surface area contributed by atoms with Gasteiger partial charge in [-0.1, -0.05) is 37.6 Å². The van der Waals surface area contributed by atoms with Crippen molar-refractivity contribution in [2.24, 2.45) is 11.8 Å². The maximum atomic E-state index is 12.8. The molecule has 25 heavy (non-hydrogen) atoms. The van der Waals surface area contributed by atoms with Crippen molar-refractivity contribution >= 4 is 23.4 Å². The number of hydrogen-bond acceptors (Lipinski definition) is 2. The largest absolute Gasteiger partial charge is 0.417 e. The first-order valence-corrected chi connectivity index (χ1v) is 8.37. The van der Waals surface area contributed by atoms with Crippen molar-refractivity contribution < 1.29 is 22.8 Å². The molecule has 0 bridgehead atoms. The summed E-state index contributed by atoms with van der Waals surface area (Å²) in [5.41, 5.74) is -0.742. The average Bonchev–Trinajstić information content (AvgIpc) is 2.85. The van der Waals surface area contributed by atoms with Crippen LogP contribution in [0.3, 0.4) is 0 Å². The smallest absolute Gasteiger partial charge is 0.352 e. The Morgan fingerprint density at radius 3 is 2.68 bits per heavy atom. The van der Waals surface area contributed by atoms with Crippen LogP contribution >= 0.6 is 11.6 Å². The maximum Gasteiger partial charge on any atom is 0.417 e. The molecule has 138 valence electrons. The normalized spacial score (nSPS) is 18.1. The zero-order valence-corrected chi connectivity index (χ0v) is 14.7. The molecule has 8 heteroatoms. The number of halogens is 4. The molecule has 1 atom stereocenters. The summed E-state index contributed by atoms with van der Waals surface area (Å²) in [6.07, 6.45) is -4.43. The van der Waals surface area contributed by atoms with Crippen molar-refractivity contribution in [2.45, 2.75) is 33.0 Å². The van der Waals surface area contributed by atoms with E-state index in [0.717, 1.165) is 6.07 Å². The van der Waals surface area contributed by atoms with E-state index in [0.29, 0.717) is 19.0 Å². The lowest BCUT2D eigenvalue weighted by Gasteiger charge is -2.19. The molecule has 1 fully saturated rings. The maximum absolute atomic E-state index is 12.8. The minimum absolute atomic E-state index is 0.0778. The lowest BCUT2D eigenvalue weighted by atomic mass is 10.1. The highest BCUT2D eigenvalue weighted by Gasteiger charge is 2.35. The third kappa shape index (κ3) is 4.87. The van der Waals surface area contributed by atoms with Crippen LogP contribution < -0.4 is 5.32 Å². The molecule has 0 saturated carbocycles. The Morgan fingerprint density at radius 1 is 1.40 bits per heavy atom. The first-order valence-electron chi connectivity index (χ1n) is 7.99. The van der Waals surface area contributed by atoms with Gasteiger partial charge < -0.3 is 10.2 Å². The van der Waals surface area contributed by atoms with Gasteiger partial charge in [0, 0.05) is 26.1 Å². The van der Waals surface area contributed by atoms with E-state index in [1.807, 2.05) is 13.8 Å². The molecule has 2 amide bonds. The van der Waals surface area contributed by atoms with Gasteiger partial charge in [-0.3, -0.25) is 9.59 Å². The Balaban J connectivity index is 1.98. The summed E-state index contributed by atoms with van der Waals surface area (Å²) >= 11 is 5.81. The van der Waals surface area contributed by atoms with Crippen LogP contribution in [0.5, 0.6) is 0 Å². The molecule has 4 nitrogen and oxygen atoms in total. The highest BCUT2D eigenvalue weighted by molar-refractivity contribution is 6.32. The van der Waals surface area contributed by atoms with Crippen LogP contribution in [0.15, 0.2) is 18.2 Å². The van der Waals surface area contributed by atoms with Crippen molar-refractivity contribution in [1.29, 1.82) is 0 Å². The second-order valence-electron chi connectivity index (χ2n) is 6.59. The predicted octanol–water partition coefficient (Wildman–Crippen LogP) is 3.48. The molecule has 2 rings (SSSR count). The molecule has 0 spiro atoms. The molecule has 1 saturated heterocycles. The Labute approximate surface area is 149 Å². The number of alkyl halides is 3. The number of carbonyl (C=O) groups is 2. The monoisotopic (exact) mass is 376 g/mol. The fourth-order valence-corrected chi connectivity index (χ4v) is 3.13. The summed E-state index contributed by atoms with van der Waals surface area (Å²) in [5, 5.41) is 2.17. The predicted molar refractivity (Wildman–Crippen MR) is 87.8 cm³/mol. The summed E-state index contributed by atoms with van der Waals surface area (Å²) in [6, 6.07) is 3.58. The van der Waals surface area contributed by atoms with Gasteiger partial charge in [0.15, 0.2) is 0 Å². The van der Waals surface area contributed by atoms with Gasteiger partial charge in [0.2, 0.25) is 11.8 Å². The SMILES string of the molecule is CC(C)CN1CC(C(=O)NCc2cccc(C(F)(F)F)c2Cl)CC1=O. The molecule has 1 aliphatic rings. The molecule has 0 aromatic heterocycles. The zero-order valence-electron chi connectivity index (χ0n) is 14.0. The van der Waals surface area contributed by atoms with Gasteiger partial charge in [-0.25, -0.2) is 0 Å². The molecular weight excluding hydrogens is 357 g/mol. The lowest BCUT2D eigenvalue weighted by molar-refractivity contribution is -0.137. The number of hydrogen-bond donors (Lipinski definition) is 1. The summed E-state index contributed by atoms with van der Waals surface area (Å²) < 4.78 is 38.5. The highest BCUT2D eigenvalue weighted by Crippen LogP contribution is 2.36. The van der Waals surface area contributed by atoms with Gasteiger partial charge in [-0.05, 0) is 17.5 Å². The van der Waals surface area contributed by atoms with E-state index < -0.39 is 22.7 Å². The molecule has 1 aliphatic heterocycles. The van der Waals surface area contributed by atoms with Gasteiger partial charge in [-0.15, -0.1) is 0 Å². The third-order valence-electron chi connectivity index (χ3n) is 4.01. The van der Waals surface area contributed by atoms with E-state index in [9.17, 15) is 22.8 Å². The highest BCUT2D eigenvalue weighted by atomic mass is 35.5. The van der Waals surface area contributed by atoms with E-state index in [-0.39, 0.29) is 30.3 Å². The van der Waals surface area contributed by atoms with Gasteiger partial charge in [-0.2, -0.15) is 13.2 Å². The molecule has 1 aromatic carbocycles. The number of rotatable bonds is 5. The van der Waals surface area contributed by atoms with Crippen molar-refractivity contribution in [1.82, 2.24) is 10.2 Å². The third-order valence-corrected chi connectivity index (χ3v) is 4.45. The van der Waals surface area contributed by atoms with Gasteiger partial charge >= 0.3 is 6.18 Å². The van der Waals surface area contributed by atoms with Crippen molar-refractivity contribution in [2.75, 3.05) is 13.1 Å². The summed E-state index contributed by atoms with van der Waals surface area (Å²) in [5.74, 6) is -0.621. The number of nitrogens with zero attached hydrogens (tertiary/aromatic N) is 1. The second-order valence-corrected chi connectivity index (χ2v) is 6.97. The number of likely N-dealkylation sites (tertiary alicyclic amines) is 1. The Hall–Kier alpha value is -1.76. The topological polar surface area (TPSA) is 49.4 Å². The lowest BCUT2D eigenvalue weighted by Crippen LogP contribution is -2.34. The van der Waals surface area contributed by atoms with E-state index in [4.69, 9.17) is 11.6 Å². The van der Waals surface area contributed by atoms with Crippen molar-refractivity contribution in [3.05, 3.63) is 34.3 Å². The molecule has 0 aliphatic carbocycles. The summed E-state index contributed by atoms with van der Waals surface area (Å²) in [6.45, 7) is 4.77. The minimum Gasteiger partial charge on any atom is -0.352 e. The Morgan fingerprint density at radius 2 is 2.08 bits per heavy atom. The van der Waals surface area contributed by atoms with Crippen molar-refractivity contribution in [3.8, 4) is 0 Å². The molecule has 1 unspecified atom stereocenters. The fraction of sp³-hybridized carbons (Fsp3) is 0.529. The quantitative estimate of drug-likeness (QED) is 0.855. The number of nitrogens with one attached hydrogen (secondary N) is 1. The van der Waals surface area contributed by atoms with E-state index in [1.54, 1.807) is 4.90 Å². The Bertz CT molecular complexity index is 662. The second kappa shape index (κ2) is 7.64. The fourth-order valence-electron chi connectivity index (χ4n) is 2.83. The van der Waals surface area contributed by atoms with Gasteiger partial charge in [0.05, 0.1) is 16.5 Å². The standard InChI is InChI=1S/C17H20ClF3N2O2/c1-10(2)8-23-9-12(6-14(23)24)16(25)22-7-11-4-3-5-13(15(11)18)17(19,20)21/h3-5,10,12H,6-9H2,1-2H3,(H,22,25). The Kier molecular flexibility index (Phi) is 5.98. The molecule has 1 N–H and O–H groups in total. The van der Waals surface area contributed by atoms with E-state index >= 15 is 0 Å². The van der Waals surface area contributed by atoms with Crippen LogP contribution in [0.2, 0.25) is 5.02 Å². The number of amides is 2. The van der Waals surface area contributed by atoms with Crippen LogP contribution in [-0.4, -0.2) is 29.8 Å². The van der Waals surface area contributed by atoms with Crippen LogP contribution in [-0.2, 0) is 22.3 Å². The zero-order chi connectivity index (χ0) is 18.8. The van der Waals surface area contributed by atoms with Crippen molar-refractivity contribution in [3.63, 3.8) is 0 Å². The summed E-state index contributed by atoms with van der Waals surface area (Å²) in [4.78, 5) is 25.8. The first-order chi connectivity index (χ1) is 11.6. The van der Waals surface area contributed by atoms with E-state index in [2.05, 4.69) is 5.32 Å². The summed E-state index contributed by atoms with van der Waals surface area (Å²) in [7, 11) is 0. The average molecular weight is 377 g/mol. The first kappa shape index (κ1) is 19.6. The van der Waals surface area contributed by atoms with Crippen LogP contribution in [0.25, 0.3) is 0 Å². The van der Waals surface area contributed by atoms with Gasteiger partial charge in [0.25, 0.3) is 0 Å². The molecular formula is C17H20ClF3N2O2. The number of carbonyl (C=O) groups excluding carboxylic acids is 2. The van der Waals surface area contributed by atoms with Crippen LogP contribution in [0, 0.1) is 11.8 Å². The van der Waals surface area contributed by atoms with E-state index in [1.165, 1.54) is 12.1 Å². The van der Waals surface area contributed by atoms with Crippen LogP contribution in [0.1, 0.15) is 31.4 Å².